The summed E-state index contributed by atoms with van der Waals surface area (Å²) < 4.78 is 107. The van der Waals surface area contributed by atoms with Crippen LogP contribution in [0.1, 0.15) is 154 Å². The molecule has 2 aromatic rings. The number of piperidine rings is 1. The smallest absolute Gasteiger partial charge is 0.395 e. The van der Waals surface area contributed by atoms with Gasteiger partial charge in [-0.3, -0.25) is 0 Å². The highest BCUT2D eigenvalue weighted by Crippen LogP contribution is 2.63. The van der Waals surface area contributed by atoms with Crippen LogP contribution >= 0.6 is 0 Å². The van der Waals surface area contributed by atoms with Gasteiger partial charge in [-0.05, 0) is 144 Å². The van der Waals surface area contributed by atoms with Gasteiger partial charge in [0.15, 0.2) is 23.8 Å². The van der Waals surface area contributed by atoms with Crippen LogP contribution in [-0.2, 0) is 55.7 Å². The van der Waals surface area contributed by atoms with E-state index >= 15 is 0 Å². The van der Waals surface area contributed by atoms with Gasteiger partial charge in [0.1, 0.15) is 18.4 Å². The van der Waals surface area contributed by atoms with Crippen molar-refractivity contribution in [3.05, 3.63) is 41.1 Å². The Hall–Kier alpha value is -2.72. The van der Waals surface area contributed by atoms with Gasteiger partial charge in [0.05, 0.1) is 29.0 Å². The average Bonchev–Trinajstić information content (AvgIpc) is 4.22. The molecular weight excluding hydrogens is 953 g/mol. The Morgan fingerprint density at radius 2 is 1.39 bits per heavy atom. The number of oxime groups is 1. The molecule has 2 unspecified atom stereocenters. The largest absolute Gasteiger partial charge is 0.433 e. The first kappa shape index (κ1) is 51.4. The zero-order valence-electron chi connectivity index (χ0n) is 42.1. The fourth-order valence-electron chi connectivity index (χ4n) is 14.7. The number of hydrogen-bond donors (Lipinski definition) is 2. The summed E-state index contributed by atoms with van der Waals surface area (Å²) in [5.41, 5.74) is -4.01. The van der Waals surface area contributed by atoms with E-state index < -0.39 is 76.6 Å². The third-order valence-corrected chi connectivity index (χ3v) is 18.9. The highest BCUT2D eigenvalue weighted by molar-refractivity contribution is 5.89. The van der Waals surface area contributed by atoms with Gasteiger partial charge in [-0.25, -0.2) is 24.5 Å². The highest BCUT2D eigenvalue weighted by atomic mass is 19.4. The van der Waals surface area contributed by atoms with Crippen LogP contribution in [0.5, 0.6) is 0 Å². The summed E-state index contributed by atoms with van der Waals surface area (Å²) in [6.45, 7) is 14.6. The van der Waals surface area contributed by atoms with Crippen LogP contribution in [0.4, 0.5) is 26.3 Å². The predicted molar refractivity (Wildman–Crippen MR) is 247 cm³/mol. The van der Waals surface area contributed by atoms with Crippen molar-refractivity contribution in [2.24, 2.45) is 58.4 Å². The first-order chi connectivity index (χ1) is 34.1. The molecule has 2 N–H and O–H groups in total. The molecule has 9 aliphatic heterocycles. The summed E-state index contributed by atoms with van der Waals surface area (Å²) in [5, 5.41) is 18.4. The van der Waals surface area contributed by atoms with Crippen molar-refractivity contribution in [1.29, 1.82) is 0 Å². The van der Waals surface area contributed by atoms with Gasteiger partial charge in [0, 0.05) is 42.5 Å². The monoisotopic (exact) mass is 1020 g/mol. The number of fused-ring (bicyclic) bond motifs is 5. The molecule has 3 aliphatic carbocycles. The van der Waals surface area contributed by atoms with Gasteiger partial charge in [-0.15, -0.1) is 0 Å². The summed E-state index contributed by atoms with van der Waals surface area (Å²) in [6.07, 6.45) is 0.697. The molecule has 2 spiro atoms. The van der Waals surface area contributed by atoms with Crippen molar-refractivity contribution in [3.63, 3.8) is 0 Å². The third-order valence-electron chi connectivity index (χ3n) is 18.9. The molecule has 1 aromatic heterocycles. The number of aromatic nitrogens is 1. The lowest BCUT2D eigenvalue weighted by Crippen LogP contribution is -2.71. The minimum atomic E-state index is -4.93. The van der Waals surface area contributed by atoms with Gasteiger partial charge >= 0.3 is 12.4 Å². The minimum Gasteiger partial charge on any atom is -0.395 e. The van der Waals surface area contributed by atoms with Crippen molar-refractivity contribution in [3.8, 4) is 0 Å². The average molecular weight is 1020 g/mol. The van der Waals surface area contributed by atoms with Crippen molar-refractivity contribution < 1.29 is 74.8 Å². The maximum atomic E-state index is 13.2. The summed E-state index contributed by atoms with van der Waals surface area (Å²) in [7, 11) is 0. The second-order valence-corrected chi connectivity index (χ2v) is 23.6. The number of alkyl halides is 6. The molecule has 18 atom stereocenters. The molecule has 9 saturated heterocycles. The van der Waals surface area contributed by atoms with Gasteiger partial charge in [0.25, 0.3) is 0 Å². The number of ether oxygens (including phenoxy) is 4. The van der Waals surface area contributed by atoms with E-state index in [1.165, 1.54) is 25.3 Å². The summed E-state index contributed by atoms with van der Waals surface area (Å²) in [6, 6.07) is 3.16. The zero-order chi connectivity index (χ0) is 50.8. The topological polar surface area (TPSA) is 141 Å². The highest BCUT2D eigenvalue weighted by Gasteiger charge is 2.72. The van der Waals surface area contributed by atoms with E-state index in [0.29, 0.717) is 67.7 Å². The molecule has 4 bridgehead atoms. The van der Waals surface area contributed by atoms with Gasteiger partial charge in [-0.1, -0.05) is 51.4 Å². The minimum absolute atomic E-state index is 0.126. The molecule has 1 aromatic carbocycles. The van der Waals surface area contributed by atoms with E-state index in [9.17, 15) is 31.4 Å². The molecular formula is C53H71F6N3O10. The van der Waals surface area contributed by atoms with E-state index in [1.54, 1.807) is 0 Å². The lowest BCUT2D eigenvalue weighted by atomic mass is 9.56. The third kappa shape index (κ3) is 8.90. The van der Waals surface area contributed by atoms with E-state index in [4.69, 9.17) is 48.5 Å². The number of aliphatic hydroxyl groups is 1. The first-order valence-electron chi connectivity index (χ1n) is 26.7. The van der Waals surface area contributed by atoms with Gasteiger partial charge in [0.2, 0.25) is 11.6 Å². The van der Waals surface area contributed by atoms with Crippen LogP contribution in [0.3, 0.4) is 0 Å². The fraction of sp³-hybridized carbons (Fsp3) is 0.811. The summed E-state index contributed by atoms with van der Waals surface area (Å²) in [4.78, 5) is 34.4. The zero-order valence-corrected chi connectivity index (χ0v) is 42.1. The van der Waals surface area contributed by atoms with Gasteiger partial charge in [-0.2, -0.15) is 26.3 Å². The van der Waals surface area contributed by atoms with E-state index in [1.807, 2.05) is 13.8 Å². The Bertz CT molecular complexity index is 2350. The van der Waals surface area contributed by atoms with Crippen LogP contribution in [0.15, 0.2) is 29.4 Å². The van der Waals surface area contributed by atoms with Crippen molar-refractivity contribution in [2.45, 2.75) is 203 Å². The Kier molecular flexibility index (Phi) is 13.4. The molecule has 400 valence electrons. The summed E-state index contributed by atoms with van der Waals surface area (Å²) >= 11 is 0. The second kappa shape index (κ2) is 18.8. The summed E-state index contributed by atoms with van der Waals surface area (Å²) in [5.74, 6) is 1.50. The number of aliphatic hydroxyl groups excluding tert-OH is 1. The number of pyridine rings is 1. The van der Waals surface area contributed by atoms with Crippen LogP contribution in [0, 0.1) is 53.3 Å². The Morgan fingerprint density at radius 1 is 0.764 bits per heavy atom. The number of benzene rings is 1. The number of nitrogens with one attached hydrogen (secondary N) is 1. The van der Waals surface area contributed by atoms with Crippen LogP contribution in [-0.4, -0.2) is 82.6 Å². The maximum Gasteiger partial charge on any atom is 0.433 e. The van der Waals surface area contributed by atoms with Crippen LogP contribution in [0.2, 0.25) is 0 Å². The standard InChI is InChI=1S/C36H55NO9.C17H16F6N2O/c1-19-7-11-26-21(3)29(39-31-35(26)24(19)13-15-33(5,41-31)43-45-35)17-28(37-38-18-23-9-10-23)30-22(4)27-12-8-20(2)25-14-16-34(6)42-32(40-30)36(25,27)46-44-34;18-16(19,20)11-5-3-4-9-10(15(26)12-6-1-2-7-24-12)8-13(17(21,22)23)25-14(9)11/h19-27,29-32H,7-18H2,1-6H3;3-5,8,12,15,24,26H,1-2,6-7H2/b37-28-;/t19-,20-,21-,22-,24+,25+,26+,27+,29-,30+,31-,32-,33?,34?,35-,36-;12-,15+/m11/s1. The Labute approximate surface area is 416 Å². The van der Waals surface area contributed by atoms with Crippen molar-refractivity contribution in [1.82, 2.24) is 10.3 Å². The van der Waals surface area contributed by atoms with E-state index in [-0.39, 0.29) is 46.8 Å². The lowest BCUT2D eigenvalue weighted by molar-refractivity contribution is -0.571. The van der Waals surface area contributed by atoms with Crippen molar-refractivity contribution in [2.75, 3.05) is 13.2 Å². The lowest BCUT2D eigenvalue weighted by Gasteiger charge is -2.61. The molecule has 0 amide bonds. The van der Waals surface area contributed by atoms with Crippen molar-refractivity contribution >= 4 is 16.6 Å². The van der Waals surface area contributed by atoms with Crippen LogP contribution in [0.25, 0.3) is 10.9 Å². The molecule has 12 aliphatic rings. The number of halogens is 6. The molecule has 13 nitrogen and oxygen atoms in total. The molecule has 19 heteroatoms. The van der Waals surface area contributed by atoms with E-state index in [0.717, 1.165) is 69.6 Å². The van der Waals surface area contributed by atoms with E-state index in [2.05, 4.69) is 38.0 Å². The Morgan fingerprint density at radius 3 is 1.97 bits per heavy atom. The molecule has 14 rings (SSSR count). The number of nitrogens with zero attached hydrogens (tertiary/aromatic N) is 2. The molecule has 0 radical (unpaired) electrons. The second-order valence-electron chi connectivity index (χ2n) is 23.6. The molecule has 72 heavy (non-hydrogen) atoms. The normalized spacial score (nSPS) is 44.2. The van der Waals surface area contributed by atoms with Gasteiger partial charge < -0.3 is 34.2 Å². The predicted octanol–water partition coefficient (Wildman–Crippen LogP) is 11.1. The Balaban J connectivity index is 0.000000184. The number of para-hydroxylation sites is 1. The SMILES string of the molecule is C[C@H]1[C@@H](/C(C[C@H]2O[C@@H]3OC4(C)CC[C@H]5[C@H](C)CC[C@@H]([C@H]2C)[C@@]35OO4)=N\OCC2CC2)O[C@@H]2OC3(C)CC[C@H]4[C@H](C)CC[C@@H]1[C@@]24OO3.O[C@@H](c1cc(C(F)(F)F)nc2c(C(F)(F)F)cccc12)[C@H]1CCCCN1. The van der Waals surface area contributed by atoms with Crippen LogP contribution < -0.4 is 5.32 Å². The number of rotatable bonds is 8. The quantitative estimate of drug-likeness (QED) is 0.113. The fourth-order valence-corrected chi connectivity index (χ4v) is 14.7. The maximum absolute atomic E-state index is 13.2. The first-order valence-corrected chi connectivity index (χ1v) is 26.7. The molecule has 12 fully saturated rings. The molecule has 3 saturated carbocycles. The number of hydrogen-bond acceptors (Lipinski definition) is 13. The molecule has 10 heterocycles.